The van der Waals surface area contributed by atoms with Gasteiger partial charge in [0.2, 0.25) is 11.8 Å². The third-order valence-corrected chi connectivity index (χ3v) is 3.38. The fraction of sp³-hybridized carbons (Fsp3) is 0.500. The van der Waals surface area contributed by atoms with Crippen LogP contribution in [0.25, 0.3) is 0 Å². The molecule has 23 heavy (non-hydrogen) atoms. The Hall–Kier alpha value is -2.02. The second kappa shape index (κ2) is 8.01. The van der Waals surface area contributed by atoms with Crippen molar-refractivity contribution in [1.29, 1.82) is 0 Å². The molecule has 0 aliphatic rings. The van der Waals surface area contributed by atoms with Gasteiger partial charge in [-0.25, -0.2) is 8.78 Å². The zero-order chi connectivity index (χ0) is 17.6. The Bertz CT molecular complexity index is 574. The smallest absolute Gasteiger partial charge is 0.239 e. The predicted molar refractivity (Wildman–Crippen MR) is 84.9 cm³/mol. The zero-order valence-electron chi connectivity index (χ0n) is 13.9. The average molecular weight is 327 g/mol. The van der Waals surface area contributed by atoms with E-state index in [1.54, 1.807) is 0 Å². The summed E-state index contributed by atoms with van der Waals surface area (Å²) in [7, 11) is 3.86. The van der Waals surface area contributed by atoms with E-state index in [2.05, 4.69) is 10.6 Å². The highest BCUT2D eigenvalue weighted by atomic mass is 19.2. The molecule has 0 saturated heterocycles. The van der Waals surface area contributed by atoms with E-state index < -0.39 is 28.9 Å². The van der Waals surface area contributed by atoms with Crippen LogP contribution in [0.4, 0.5) is 14.5 Å². The molecule has 1 aromatic rings. The normalized spacial score (nSPS) is 11.4. The molecule has 0 bridgehead atoms. The van der Waals surface area contributed by atoms with E-state index in [-0.39, 0.29) is 5.69 Å². The maximum Gasteiger partial charge on any atom is 0.239 e. The first-order chi connectivity index (χ1) is 10.6. The minimum absolute atomic E-state index is 0.0994. The SMILES string of the molecule is CN(C)CCCNC(=O)C(C)(C)C(=O)Nc1ccc(F)c(F)c1. The molecule has 0 radical (unpaired) electrons. The first-order valence-corrected chi connectivity index (χ1v) is 7.34. The van der Waals surface area contributed by atoms with Gasteiger partial charge in [0.05, 0.1) is 0 Å². The van der Waals surface area contributed by atoms with Crippen LogP contribution in [0.15, 0.2) is 18.2 Å². The summed E-state index contributed by atoms with van der Waals surface area (Å²) < 4.78 is 26.0. The Labute approximate surface area is 135 Å². The highest BCUT2D eigenvalue weighted by molar-refractivity contribution is 6.09. The number of carbonyl (C=O) groups excluding carboxylic acids is 2. The van der Waals surface area contributed by atoms with Gasteiger partial charge in [-0.1, -0.05) is 0 Å². The fourth-order valence-electron chi connectivity index (χ4n) is 1.78. The minimum atomic E-state index is -1.33. The molecule has 0 aliphatic carbocycles. The van der Waals surface area contributed by atoms with Crippen LogP contribution < -0.4 is 10.6 Å². The lowest BCUT2D eigenvalue weighted by Gasteiger charge is -2.23. The first-order valence-electron chi connectivity index (χ1n) is 7.34. The molecule has 0 aliphatic heterocycles. The highest BCUT2D eigenvalue weighted by Gasteiger charge is 2.35. The van der Waals surface area contributed by atoms with Crippen molar-refractivity contribution in [1.82, 2.24) is 10.2 Å². The van der Waals surface area contributed by atoms with Crippen molar-refractivity contribution in [2.75, 3.05) is 32.5 Å². The number of halogens is 2. The molecule has 7 heteroatoms. The summed E-state index contributed by atoms with van der Waals surface area (Å²) in [6.07, 6.45) is 0.764. The molecule has 0 saturated carbocycles. The Morgan fingerprint density at radius 1 is 1.13 bits per heavy atom. The molecule has 0 spiro atoms. The summed E-state index contributed by atoms with van der Waals surface area (Å²) in [6.45, 7) is 4.23. The van der Waals surface area contributed by atoms with E-state index in [9.17, 15) is 18.4 Å². The molecule has 0 heterocycles. The molecule has 5 nitrogen and oxygen atoms in total. The molecule has 1 aromatic carbocycles. The molecule has 0 atom stereocenters. The van der Waals surface area contributed by atoms with Gasteiger partial charge in [0.15, 0.2) is 11.6 Å². The summed E-state index contributed by atoms with van der Waals surface area (Å²) in [5.41, 5.74) is -1.23. The van der Waals surface area contributed by atoms with Gasteiger partial charge in [-0.05, 0) is 53.0 Å². The maximum atomic E-state index is 13.1. The lowest BCUT2D eigenvalue weighted by molar-refractivity contribution is -0.138. The standard InChI is InChI=1S/C16H23F2N3O2/c1-16(2,14(22)19-8-5-9-21(3)4)15(23)20-11-6-7-12(17)13(18)10-11/h6-7,10H,5,8-9H2,1-4H3,(H,19,22)(H,20,23). The first kappa shape index (κ1) is 19.0. The van der Waals surface area contributed by atoms with E-state index in [1.165, 1.54) is 19.9 Å². The van der Waals surface area contributed by atoms with Crippen molar-refractivity contribution in [3.8, 4) is 0 Å². The molecule has 1 rings (SSSR count). The Morgan fingerprint density at radius 3 is 2.35 bits per heavy atom. The van der Waals surface area contributed by atoms with Gasteiger partial charge in [0.1, 0.15) is 5.41 Å². The number of carbonyl (C=O) groups is 2. The number of rotatable bonds is 7. The zero-order valence-corrected chi connectivity index (χ0v) is 13.9. The van der Waals surface area contributed by atoms with Crippen LogP contribution in [0.3, 0.4) is 0 Å². The Balaban J connectivity index is 2.61. The van der Waals surface area contributed by atoms with Gasteiger partial charge in [0, 0.05) is 18.3 Å². The maximum absolute atomic E-state index is 13.1. The molecule has 128 valence electrons. The van der Waals surface area contributed by atoms with Gasteiger partial charge in [-0.3, -0.25) is 9.59 Å². The summed E-state index contributed by atoms with van der Waals surface area (Å²) in [6, 6.07) is 3.03. The molecular weight excluding hydrogens is 304 g/mol. The third-order valence-electron chi connectivity index (χ3n) is 3.38. The minimum Gasteiger partial charge on any atom is -0.355 e. The van der Waals surface area contributed by atoms with Crippen molar-refractivity contribution in [2.45, 2.75) is 20.3 Å². The largest absolute Gasteiger partial charge is 0.355 e. The molecule has 2 N–H and O–H groups in total. The number of anilines is 1. The van der Waals surface area contributed by atoms with Gasteiger partial charge in [-0.15, -0.1) is 0 Å². The number of hydrogen-bond donors (Lipinski definition) is 2. The van der Waals surface area contributed by atoms with Crippen LogP contribution in [-0.2, 0) is 9.59 Å². The van der Waals surface area contributed by atoms with Gasteiger partial charge >= 0.3 is 0 Å². The third kappa shape index (κ3) is 5.59. The number of benzene rings is 1. The second-order valence-corrected chi connectivity index (χ2v) is 6.12. The predicted octanol–water partition coefficient (Wildman–Crippen LogP) is 2.00. The van der Waals surface area contributed by atoms with Gasteiger partial charge in [-0.2, -0.15) is 0 Å². The van der Waals surface area contributed by atoms with Crippen LogP contribution in [0.1, 0.15) is 20.3 Å². The van der Waals surface area contributed by atoms with Crippen molar-refractivity contribution in [2.24, 2.45) is 5.41 Å². The van der Waals surface area contributed by atoms with E-state index in [0.717, 1.165) is 25.1 Å². The number of amides is 2. The van der Waals surface area contributed by atoms with Crippen molar-refractivity contribution < 1.29 is 18.4 Å². The van der Waals surface area contributed by atoms with E-state index >= 15 is 0 Å². The monoisotopic (exact) mass is 327 g/mol. The summed E-state index contributed by atoms with van der Waals surface area (Å²) in [5.74, 6) is -3.07. The lowest BCUT2D eigenvalue weighted by atomic mass is 9.91. The van der Waals surface area contributed by atoms with E-state index in [0.29, 0.717) is 6.54 Å². The molecule has 0 fully saturated rings. The summed E-state index contributed by atoms with van der Waals surface area (Å²) in [5, 5.41) is 5.13. The summed E-state index contributed by atoms with van der Waals surface area (Å²) >= 11 is 0. The van der Waals surface area contributed by atoms with Crippen molar-refractivity contribution in [3.63, 3.8) is 0 Å². The molecule has 0 aromatic heterocycles. The molecule has 0 unspecified atom stereocenters. The van der Waals surface area contributed by atoms with Crippen LogP contribution >= 0.6 is 0 Å². The number of nitrogens with one attached hydrogen (secondary N) is 2. The van der Waals surface area contributed by atoms with Crippen molar-refractivity contribution in [3.05, 3.63) is 29.8 Å². The molecule has 2 amide bonds. The number of nitrogens with zero attached hydrogens (tertiary/aromatic N) is 1. The van der Waals surface area contributed by atoms with Crippen molar-refractivity contribution >= 4 is 17.5 Å². The van der Waals surface area contributed by atoms with Crippen LogP contribution in [0.2, 0.25) is 0 Å². The second-order valence-electron chi connectivity index (χ2n) is 6.12. The topological polar surface area (TPSA) is 61.4 Å². The average Bonchev–Trinajstić information content (AvgIpc) is 2.46. The molecular formula is C16H23F2N3O2. The lowest BCUT2D eigenvalue weighted by Crippen LogP contribution is -2.45. The quantitative estimate of drug-likeness (QED) is 0.595. The van der Waals surface area contributed by atoms with Gasteiger partial charge < -0.3 is 15.5 Å². The van der Waals surface area contributed by atoms with E-state index in [4.69, 9.17) is 0 Å². The van der Waals surface area contributed by atoms with Crippen LogP contribution in [-0.4, -0.2) is 43.9 Å². The van der Waals surface area contributed by atoms with Crippen LogP contribution in [0, 0.1) is 17.0 Å². The van der Waals surface area contributed by atoms with Crippen LogP contribution in [0.5, 0.6) is 0 Å². The Kier molecular flexibility index (Phi) is 6.62. The highest BCUT2D eigenvalue weighted by Crippen LogP contribution is 2.20. The van der Waals surface area contributed by atoms with Gasteiger partial charge in [0.25, 0.3) is 0 Å². The van der Waals surface area contributed by atoms with E-state index in [1.807, 2.05) is 19.0 Å². The Morgan fingerprint density at radius 2 is 1.78 bits per heavy atom. The fourth-order valence-corrected chi connectivity index (χ4v) is 1.78. The summed E-state index contributed by atoms with van der Waals surface area (Å²) in [4.78, 5) is 26.4. The number of hydrogen-bond acceptors (Lipinski definition) is 3.